The lowest BCUT2D eigenvalue weighted by Crippen LogP contribution is -2.42. The van der Waals surface area contributed by atoms with Gasteiger partial charge < -0.3 is 10.2 Å². The summed E-state index contributed by atoms with van der Waals surface area (Å²) in [5, 5.41) is 14.9. The number of aromatic nitrogens is 4. The van der Waals surface area contributed by atoms with Crippen molar-refractivity contribution in [1.29, 1.82) is 0 Å². The molecule has 2 fully saturated rings. The number of fused-ring (bicyclic) bond motifs is 1. The number of hydrogen-bond acceptors (Lipinski definition) is 5. The molecule has 0 amide bonds. The van der Waals surface area contributed by atoms with Gasteiger partial charge in [0.1, 0.15) is 6.33 Å². The molecular formula is C15H20N6. The molecule has 3 heterocycles. The number of tetrazole rings is 1. The summed E-state index contributed by atoms with van der Waals surface area (Å²) in [5.41, 5.74) is 2.17. The van der Waals surface area contributed by atoms with Crippen LogP contribution in [0.15, 0.2) is 30.6 Å². The Morgan fingerprint density at radius 2 is 2.00 bits per heavy atom. The molecule has 2 saturated heterocycles. The smallest absolute Gasteiger partial charge is 0.143 e. The predicted octanol–water partition coefficient (Wildman–Crippen LogP) is 1.70. The van der Waals surface area contributed by atoms with Gasteiger partial charge in [0, 0.05) is 24.3 Å². The van der Waals surface area contributed by atoms with Crippen LogP contribution in [0.25, 0.3) is 5.69 Å². The molecule has 0 saturated carbocycles. The Morgan fingerprint density at radius 3 is 2.81 bits per heavy atom. The summed E-state index contributed by atoms with van der Waals surface area (Å²) in [6, 6.07) is 9.71. The largest absolute Gasteiger partial charge is 0.382 e. The topological polar surface area (TPSA) is 58.9 Å². The van der Waals surface area contributed by atoms with Gasteiger partial charge in [-0.25, -0.2) is 4.68 Å². The van der Waals surface area contributed by atoms with Crippen molar-refractivity contribution < 1.29 is 0 Å². The molecule has 1 aromatic heterocycles. The van der Waals surface area contributed by atoms with Gasteiger partial charge in [0.25, 0.3) is 0 Å². The highest BCUT2D eigenvalue weighted by molar-refractivity contribution is 5.49. The van der Waals surface area contributed by atoms with Gasteiger partial charge >= 0.3 is 0 Å². The second kappa shape index (κ2) is 5.44. The molecule has 2 aromatic rings. The second-order valence-corrected chi connectivity index (χ2v) is 6.00. The first-order valence-electron chi connectivity index (χ1n) is 7.72. The van der Waals surface area contributed by atoms with Crippen LogP contribution in [0.5, 0.6) is 0 Å². The lowest BCUT2D eigenvalue weighted by atomic mass is 9.97. The Kier molecular flexibility index (Phi) is 3.31. The van der Waals surface area contributed by atoms with E-state index in [9.17, 15) is 0 Å². The van der Waals surface area contributed by atoms with Crippen molar-refractivity contribution >= 4 is 5.69 Å². The lowest BCUT2D eigenvalue weighted by Gasteiger charge is -2.35. The zero-order chi connectivity index (χ0) is 14.1. The molecule has 0 radical (unpaired) electrons. The molecule has 2 atom stereocenters. The molecule has 2 aliphatic heterocycles. The highest BCUT2D eigenvalue weighted by Crippen LogP contribution is 2.28. The zero-order valence-corrected chi connectivity index (χ0v) is 12.0. The summed E-state index contributed by atoms with van der Waals surface area (Å²) in [4.78, 5) is 2.65. The normalized spacial score (nSPS) is 25.7. The van der Waals surface area contributed by atoms with Crippen molar-refractivity contribution in [3.8, 4) is 5.69 Å². The predicted molar refractivity (Wildman–Crippen MR) is 80.4 cm³/mol. The van der Waals surface area contributed by atoms with E-state index < -0.39 is 0 Å². The van der Waals surface area contributed by atoms with Crippen molar-refractivity contribution in [2.24, 2.45) is 0 Å². The summed E-state index contributed by atoms with van der Waals surface area (Å²) in [5.74, 6) is 0. The molecule has 110 valence electrons. The van der Waals surface area contributed by atoms with Crippen molar-refractivity contribution in [2.75, 3.05) is 18.4 Å². The number of nitrogens with one attached hydrogen (secondary N) is 1. The molecule has 1 aromatic carbocycles. The minimum absolute atomic E-state index is 0.600. The second-order valence-electron chi connectivity index (χ2n) is 6.00. The van der Waals surface area contributed by atoms with Crippen LogP contribution in [0.1, 0.15) is 25.7 Å². The average Bonchev–Trinajstić information content (AvgIpc) is 3.19. The molecule has 2 aliphatic rings. The Hall–Kier alpha value is -1.95. The van der Waals surface area contributed by atoms with E-state index in [0.29, 0.717) is 6.04 Å². The fourth-order valence-electron chi connectivity index (χ4n) is 3.58. The van der Waals surface area contributed by atoms with E-state index in [1.165, 1.54) is 44.5 Å². The number of nitrogens with zero attached hydrogens (tertiary/aromatic N) is 5. The van der Waals surface area contributed by atoms with Gasteiger partial charge in [0.2, 0.25) is 0 Å². The summed E-state index contributed by atoms with van der Waals surface area (Å²) in [6.45, 7) is 2.54. The summed E-state index contributed by atoms with van der Waals surface area (Å²) in [6.07, 6.45) is 6.87. The summed E-state index contributed by atoms with van der Waals surface area (Å²) >= 11 is 0. The molecule has 2 unspecified atom stereocenters. The van der Waals surface area contributed by atoms with Crippen LogP contribution in [-0.4, -0.2) is 50.3 Å². The Labute approximate surface area is 124 Å². The van der Waals surface area contributed by atoms with E-state index in [2.05, 4.69) is 37.9 Å². The third kappa shape index (κ3) is 2.63. The summed E-state index contributed by atoms with van der Waals surface area (Å²) < 4.78 is 1.67. The molecule has 0 spiro atoms. The van der Waals surface area contributed by atoms with E-state index in [4.69, 9.17) is 0 Å². The first-order valence-corrected chi connectivity index (χ1v) is 7.72. The van der Waals surface area contributed by atoms with Crippen molar-refractivity contribution in [3.05, 3.63) is 30.6 Å². The van der Waals surface area contributed by atoms with E-state index in [-0.39, 0.29) is 0 Å². The first kappa shape index (κ1) is 12.8. The van der Waals surface area contributed by atoms with Crippen molar-refractivity contribution in [2.45, 2.75) is 37.8 Å². The van der Waals surface area contributed by atoms with Crippen molar-refractivity contribution in [1.82, 2.24) is 25.1 Å². The summed E-state index contributed by atoms with van der Waals surface area (Å²) in [7, 11) is 0. The van der Waals surface area contributed by atoms with E-state index in [0.717, 1.165) is 11.7 Å². The zero-order valence-electron chi connectivity index (χ0n) is 12.0. The number of rotatable bonds is 3. The quantitative estimate of drug-likeness (QED) is 0.929. The Bertz CT molecular complexity index is 579. The maximum Gasteiger partial charge on any atom is 0.143 e. The molecule has 21 heavy (non-hydrogen) atoms. The molecule has 6 heteroatoms. The van der Waals surface area contributed by atoms with Crippen LogP contribution in [-0.2, 0) is 0 Å². The third-order valence-electron chi connectivity index (χ3n) is 4.67. The molecule has 0 aliphatic carbocycles. The van der Waals surface area contributed by atoms with Gasteiger partial charge in [0.15, 0.2) is 0 Å². The van der Waals surface area contributed by atoms with Crippen LogP contribution in [0, 0.1) is 0 Å². The third-order valence-corrected chi connectivity index (χ3v) is 4.67. The highest BCUT2D eigenvalue weighted by Gasteiger charge is 2.31. The maximum atomic E-state index is 3.90. The van der Waals surface area contributed by atoms with E-state index in [1.54, 1.807) is 11.0 Å². The van der Waals surface area contributed by atoms with Gasteiger partial charge in [0.05, 0.1) is 5.69 Å². The molecule has 0 bridgehead atoms. The number of anilines is 1. The molecule has 4 rings (SSSR count). The van der Waals surface area contributed by atoms with Gasteiger partial charge in [-0.1, -0.05) is 0 Å². The Morgan fingerprint density at radius 1 is 1.10 bits per heavy atom. The van der Waals surface area contributed by atoms with Crippen LogP contribution < -0.4 is 5.32 Å². The minimum atomic E-state index is 0.600. The lowest BCUT2D eigenvalue weighted by molar-refractivity contribution is 0.188. The van der Waals surface area contributed by atoms with Crippen LogP contribution >= 0.6 is 0 Å². The number of benzene rings is 1. The molecular weight excluding hydrogens is 264 g/mol. The monoisotopic (exact) mass is 284 g/mol. The fourth-order valence-corrected chi connectivity index (χ4v) is 3.58. The molecule has 6 nitrogen and oxygen atoms in total. The minimum Gasteiger partial charge on any atom is -0.382 e. The molecule has 1 N–H and O–H groups in total. The number of piperidine rings is 1. The van der Waals surface area contributed by atoms with Crippen LogP contribution in [0.4, 0.5) is 5.69 Å². The Balaban J connectivity index is 1.41. The standard InChI is InChI=1S/C15H20N6/c1-2-15-10-13(7-9-20(15)8-1)17-12-3-5-14(6-4-12)21-11-16-18-19-21/h3-6,11,13,15,17H,1-2,7-10H2. The van der Waals surface area contributed by atoms with Gasteiger partial charge in [-0.2, -0.15) is 0 Å². The number of hydrogen-bond donors (Lipinski definition) is 1. The van der Waals surface area contributed by atoms with Crippen molar-refractivity contribution in [3.63, 3.8) is 0 Å². The van der Waals surface area contributed by atoms with E-state index in [1.807, 2.05) is 12.1 Å². The highest BCUT2D eigenvalue weighted by atomic mass is 15.5. The fraction of sp³-hybridized carbons (Fsp3) is 0.533. The van der Waals surface area contributed by atoms with Gasteiger partial charge in [-0.15, -0.1) is 5.10 Å². The van der Waals surface area contributed by atoms with Crippen LogP contribution in [0.2, 0.25) is 0 Å². The average molecular weight is 284 g/mol. The van der Waals surface area contributed by atoms with E-state index >= 15 is 0 Å². The van der Waals surface area contributed by atoms with Crippen LogP contribution in [0.3, 0.4) is 0 Å². The first-order chi connectivity index (χ1) is 10.4. The maximum absolute atomic E-state index is 3.90. The van der Waals surface area contributed by atoms with Gasteiger partial charge in [-0.3, -0.25) is 0 Å². The SMILES string of the molecule is c1cc(-n2cnnn2)ccc1NC1CCN2CCCC2C1. The van der Waals surface area contributed by atoms with Gasteiger partial charge in [-0.05, 0) is 66.9 Å².